The summed E-state index contributed by atoms with van der Waals surface area (Å²) in [4.78, 5) is 0. The number of hydrogen-bond donors (Lipinski definition) is 2. The van der Waals surface area contributed by atoms with E-state index in [9.17, 15) is 8.42 Å². The standard InChI is InChI=1S/C10H18N4O2S2/c1-7-5-3-2-4-6-8(7)14-18(15,16)10-13-12-9(11)17-10/h7-8,14H,2-6H2,1H3,(H2,11,12). The Morgan fingerprint density at radius 2 is 2.00 bits per heavy atom. The first-order valence-electron chi connectivity index (χ1n) is 6.10. The van der Waals surface area contributed by atoms with E-state index in [2.05, 4.69) is 21.8 Å². The zero-order valence-electron chi connectivity index (χ0n) is 10.3. The van der Waals surface area contributed by atoms with Crippen LogP contribution in [0.15, 0.2) is 4.34 Å². The highest BCUT2D eigenvalue weighted by Gasteiger charge is 2.27. The van der Waals surface area contributed by atoms with Crippen LogP contribution in [0, 0.1) is 5.92 Å². The average molecular weight is 290 g/mol. The summed E-state index contributed by atoms with van der Waals surface area (Å²) in [6, 6.07) is -0.0115. The number of hydrogen-bond acceptors (Lipinski definition) is 6. The minimum atomic E-state index is -3.57. The number of rotatable bonds is 3. The SMILES string of the molecule is CC1CCCCCC1NS(=O)(=O)c1nnc(N)s1. The van der Waals surface area contributed by atoms with Crippen molar-refractivity contribution >= 4 is 26.5 Å². The smallest absolute Gasteiger partial charge is 0.270 e. The maximum absolute atomic E-state index is 12.1. The van der Waals surface area contributed by atoms with Crippen LogP contribution in [0.3, 0.4) is 0 Å². The first-order chi connectivity index (χ1) is 8.49. The molecule has 0 bridgehead atoms. The van der Waals surface area contributed by atoms with Gasteiger partial charge >= 0.3 is 0 Å². The van der Waals surface area contributed by atoms with Gasteiger partial charge in [0.1, 0.15) is 0 Å². The highest BCUT2D eigenvalue weighted by molar-refractivity contribution is 7.91. The van der Waals surface area contributed by atoms with E-state index >= 15 is 0 Å². The lowest BCUT2D eigenvalue weighted by atomic mass is 9.98. The lowest BCUT2D eigenvalue weighted by Crippen LogP contribution is -2.38. The lowest BCUT2D eigenvalue weighted by molar-refractivity contribution is 0.399. The highest BCUT2D eigenvalue weighted by atomic mass is 32.2. The first kappa shape index (κ1) is 13.7. The highest BCUT2D eigenvalue weighted by Crippen LogP contribution is 2.25. The number of nitrogens with two attached hydrogens (primary N) is 1. The van der Waals surface area contributed by atoms with Crippen molar-refractivity contribution in [1.82, 2.24) is 14.9 Å². The van der Waals surface area contributed by atoms with Crippen LogP contribution in [0.5, 0.6) is 0 Å². The van der Waals surface area contributed by atoms with Crippen molar-refractivity contribution in [2.24, 2.45) is 5.92 Å². The van der Waals surface area contributed by atoms with Crippen LogP contribution < -0.4 is 10.5 Å². The van der Waals surface area contributed by atoms with Crippen LogP contribution >= 0.6 is 11.3 Å². The second-order valence-corrected chi connectivity index (χ2v) is 7.65. The average Bonchev–Trinajstić information content (AvgIpc) is 2.65. The molecule has 0 aromatic carbocycles. The van der Waals surface area contributed by atoms with E-state index in [1.165, 1.54) is 12.8 Å². The van der Waals surface area contributed by atoms with E-state index in [1.807, 2.05) is 0 Å². The molecule has 0 spiro atoms. The normalized spacial score (nSPS) is 25.8. The third kappa shape index (κ3) is 3.18. The summed E-state index contributed by atoms with van der Waals surface area (Å²) >= 11 is 0.895. The predicted octanol–water partition coefficient (Wildman–Crippen LogP) is 1.37. The molecular formula is C10H18N4O2S2. The van der Waals surface area contributed by atoms with E-state index in [0.717, 1.165) is 30.6 Å². The van der Waals surface area contributed by atoms with E-state index in [0.29, 0.717) is 5.92 Å². The molecule has 0 amide bonds. The van der Waals surface area contributed by atoms with Crippen LogP contribution in [-0.4, -0.2) is 24.7 Å². The van der Waals surface area contributed by atoms with Crippen LogP contribution in [0.4, 0.5) is 5.13 Å². The molecule has 8 heteroatoms. The topological polar surface area (TPSA) is 98.0 Å². The van der Waals surface area contributed by atoms with Crippen LogP contribution in [0.25, 0.3) is 0 Å². The fraction of sp³-hybridized carbons (Fsp3) is 0.800. The third-order valence-corrected chi connectivity index (χ3v) is 5.93. The summed E-state index contributed by atoms with van der Waals surface area (Å²) in [7, 11) is -3.57. The molecule has 2 unspecified atom stereocenters. The Morgan fingerprint density at radius 1 is 1.28 bits per heavy atom. The minimum Gasteiger partial charge on any atom is -0.374 e. The van der Waals surface area contributed by atoms with Crippen LogP contribution in [0.2, 0.25) is 0 Å². The maximum Gasteiger partial charge on any atom is 0.270 e. The Kier molecular flexibility index (Phi) is 4.18. The molecule has 3 N–H and O–H groups in total. The molecule has 0 radical (unpaired) electrons. The van der Waals surface area contributed by atoms with Crippen molar-refractivity contribution in [1.29, 1.82) is 0 Å². The minimum absolute atomic E-state index is 0.0115. The van der Waals surface area contributed by atoms with Crippen molar-refractivity contribution in [2.75, 3.05) is 5.73 Å². The molecule has 1 fully saturated rings. The molecule has 102 valence electrons. The second-order valence-electron chi connectivity index (χ2n) is 4.75. The van der Waals surface area contributed by atoms with Crippen molar-refractivity contribution in [2.45, 2.75) is 49.4 Å². The molecule has 2 rings (SSSR count). The summed E-state index contributed by atoms with van der Waals surface area (Å²) in [5, 5.41) is 7.31. The fourth-order valence-corrected chi connectivity index (χ4v) is 4.43. The van der Waals surface area contributed by atoms with Crippen molar-refractivity contribution in [3.63, 3.8) is 0 Å². The first-order valence-corrected chi connectivity index (χ1v) is 8.40. The quantitative estimate of drug-likeness (QED) is 0.819. The molecule has 1 aliphatic carbocycles. The summed E-state index contributed by atoms with van der Waals surface area (Å²) < 4.78 is 26.9. The monoisotopic (exact) mass is 290 g/mol. The Hall–Kier alpha value is -0.730. The molecule has 1 aromatic rings. The van der Waals surface area contributed by atoms with Crippen molar-refractivity contribution < 1.29 is 8.42 Å². The van der Waals surface area contributed by atoms with Gasteiger partial charge in [-0.05, 0) is 18.8 Å². The number of sulfonamides is 1. The van der Waals surface area contributed by atoms with E-state index in [4.69, 9.17) is 5.73 Å². The Bertz CT molecular complexity index is 500. The predicted molar refractivity (Wildman–Crippen MR) is 70.7 cm³/mol. The fourth-order valence-electron chi connectivity index (χ4n) is 2.25. The number of aromatic nitrogens is 2. The third-order valence-electron chi connectivity index (χ3n) is 3.32. The zero-order valence-corrected chi connectivity index (χ0v) is 11.9. The number of nitrogens with zero attached hydrogens (tertiary/aromatic N) is 2. The van der Waals surface area contributed by atoms with Gasteiger partial charge in [0.05, 0.1) is 0 Å². The molecule has 6 nitrogen and oxygen atoms in total. The molecule has 2 atom stereocenters. The van der Waals surface area contributed by atoms with Gasteiger partial charge in [-0.2, -0.15) is 0 Å². The Labute approximate surface area is 111 Å². The van der Waals surface area contributed by atoms with Crippen LogP contribution in [0.1, 0.15) is 39.0 Å². The van der Waals surface area contributed by atoms with E-state index in [1.54, 1.807) is 0 Å². The van der Waals surface area contributed by atoms with Gasteiger partial charge in [0.25, 0.3) is 10.0 Å². The molecule has 1 saturated carbocycles. The van der Waals surface area contributed by atoms with Gasteiger partial charge in [0.2, 0.25) is 9.47 Å². The van der Waals surface area contributed by atoms with Crippen molar-refractivity contribution in [3.8, 4) is 0 Å². The van der Waals surface area contributed by atoms with E-state index in [-0.39, 0.29) is 15.5 Å². The summed E-state index contributed by atoms with van der Waals surface area (Å²) in [5.41, 5.74) is 5.41. The number of anilines is 1. The van der Waals surface area contributed by atoms with Gasteiger partial charge in [0, 0.05) is 6.04 Å². The molecule has 18 heavy (non-hydrogen) atoms. The van der Waals surface area contributed by atoms with Crippen LogP contribution in [-0.2, 0) is 10.0 Å². The lowest BCUT2D eigenvalue weighted by Gasteiger charge is -2.21. The zero-order chi connectivity index (χ0) is 13.2. The second kappa shape index (κ2) is 5.50. The van der Waals surface area contributed by atoms with Gasteiger partial charge in [-0.15, -0.1) is 10.2 Å². The van der Waals surface area contributed by atoms with E-state index < -0.39 is 10.0 Å². The number of nitrogens with one attached hydrogen (secondary N) is 1. The van der Waals surface area contributed by atoms with Gasteiger partial charge in [-0.1, -0.05) is 37.5 Å². The molecule has 1 heterocycles. The maximum atomic E-state index is 12.1. The molecular weight excluding hydrogens is 272 g/mol. The molecule has 1 aliphatic rings. The summed E-state index contributed by atoms with van der Waals surface area (Å²) in [6.07, 6.45) is 5.36. The number of nitrogen functional groups attached to an aromatic ring is 1. The molecule has 1 aromatic heterocycles. The Morgan fingerprint density at radius 3 is 2.67 bits per heavy atom. The summed E-state index contributed by atoms with van der Waals surface area (Å²) in [6.45, 7) is 2.09. The molecule has 0 saturated heterocycles. The summed E-state index contributed by atoms with van der Waals surface area (Å²) in [5.74, 6) is 0.354. The van der Waals surface area contributed by atoms with Gasteiger partial charge in [0.15, 0.2) is 0 Å². The van der Waals surface area contributed by atoms with Crippen molar-refractivity contribution in [3.05, 3.63) is 0 Å². The van der Waals surface area contributed by atoms with Gasteiger partial charge < -0.3 is 5.73 Å². The largest absolute Gasteiger partial charge is 0.374 e. The van der Waals surface area contributed by atoms with Gasteiger partial charge in [-0.3, -0.25) is 0 Å². The van der Waals surface area contributed by atoms with Gasteiger partial charge in [-0.25, -0.2) is 13.1 Å². The molecule has 0 aliphatic heterocycles. The Balaban J connectivity index is 2.11.